The summed E-state index contributed by atoms with van der Waals surface area (Å²) in [5, 5.41) is 26.4. The maximum atomic E-state index is 12.7. The van der Waals surface area contributed by atoms with E-state index in [0.29, 0.717) is 5.75 Å². The summed E-state index contributed by atoms with van der Waals surface area (Å²) in [4.78, 5) is 88.0. The molecular formula is C35H58N7O17P3S. The molecule has 1 aliphatic rings. The molecule has 24 nitrogen and oxygen atoms in total. The number of carbonyl (C=O) groups is 3. The minimum Gasteiger partial charge on any atom is -0.386 e. The minimum atomic E-state index is -5.58. The lowest BCUT2D eigenvalue weighted by Gasteiger charge is -2.30. The van der Waals surface area contributed by atoms with Gasteiger partial charge in [0, 0.05) is 37.1 Å². The van der Waals surface area contributed by atoms with E-state index in [4.69, 9.17) is 19.5 Å². The van der Waals surface area contributed by atoms with Crippen LogP contribution in [-0.2, 0) is 50.7 Å². The first-order chi connectivity index (χ1) is 29.6. The fraction of sp³-hybridized carbons (Fsp3) is 0.714. The van der Waals surface area contributed by atoms with Crippen LogP contribution in [0.25, 0.3) is 11.2 Å². The van der Waals surface area contributed by atoms with Crippen molar-refractivity contribution in [2.24, 2.45) is 5.41 Å². The number of nitrogens with two attached hydrogens (primary N) is 1. The second kappa shape index (κ2) is 25.7. The van der Waals surface area contributed by atoms with Gasteiger partial charge in [0.2, 0.25) is 16.9 Å². The Balaban J connectivity index is 1.37. The fourth-order valence-electron chi connectivity index (χ4n) is 5.92. The van der Waals surface area contributed by atoms with Crippen LogP contribution in [0.2, 0.25) is 0 Å². The molecule has 3 heterocycles. The maximum absolute atomic E-state index is 12.7. The Kier molecular flexibility index (Phi) is 22.2. The number of ether oxygens (including phenoxy) is 1. The predicted molar refractivity (Wildman–Crippen MR) is 227 cm³/mol. The number of phosphoric ester groups is 3. The number of unbranched alkanes of at least 4 members (excludes halogenated alkanes) is 8. The molecule has 0 saturated carbocycles. The number of rotatable bonds is 28. The van der Waals surface area contributed by atoms with Crippen molar-refractivity contribution in [3.63, 3.8) is 0 Å². The average molecular weight is 974 g/mol. The highest BCUT2D eigenvalue weighted by molar-refractivity contribution is 8.13. The standard InChI is InChI=1S/C35H58N7O17P3S/c1-4-5-6-7-8-9-10-11-12-13-14-15-26(44)63-19-18-37-25(43)16-17-38-33(47)30(46)35(2,3)21-56-62(53,54)59-61(51,52)55-20-24-29(58-60(48,49)50)28(45)34(57-24)42-23-41-27-31(36)39-22-40-32(27)42/h22-24,28-30,34,45-46H,4-12,15-21H2,1-3H3,(H,37,43)(H,38,47)(H,51,52)(H,53,54)(H2,36,39,40)(H2,48,49,50). The molecule has 0 aromatic carbocycles. The van der Waals surface area contributed by atoms with Gasteiger partial charge in [0.25, 0.3) is 0 Å². The van der Waals surface area contributed by atoms with Crippen molar-refractivity contribution in [1.29, 1.82) is 0 Å². The van der Waals surface area contributed by atoms with E-state index in [1.807, 2.05) is 0 Å². The summed E-state index contributed by atoms with van der Waals surface area (Å²) in [6, 6.07) is 0. The number of carbonyl (C=O) groups excluding carboxylic acids is 3. The van der Waals surface area contributed by atoms with E-state index >= 15 is 0 Å². The van der Waals surface area contributed by atoms with Crippen LogP contribution < -0.4 is 16.4 Å². The highest BCUT2D eigenvalue weighted by atomic mass is 32.2. The van der Waals surface area contributed by atoms with Crippen molar-refractivity contribution in [1.82, 2.24) is 30.2 Å². The van der Waals surface area contributed by atoms with Gasteiger partial charge in [0.1, 0.15) is 36.3 Å². The molecule has 1 aliphatic heterocycles. The number of anilines is 1. The SMILES string of the molecule is CCCCCCCCCCC#CCC(=O)SCCNC(=O)CCNC(=O)C(O)C(C)(C)COP(=O)(O)OP(=O)(O)OCC1OC(n2cnc3c(N)ncnc32)C(O)C1OP(=O)(O)O. The second-order valence-electron chi connectivity index (χ2n) is 15.0. The second-order valence-corrected chi connectivity index (χ2v) is 20.4. The normalized spacial score (nSPS) is 20.3. The molecule has 0 bridgehead atoms. The molecule has 0 radical (unpaired) electrons. The molecule has 356 valence electrons. The highest BCUT2D eigenvalue weighted by Gasteiger charge is 2.50. The molecule has 10 N–H and O–H groups in total. The number of phosphoric acid groups is 3. The molecule has 2 aromatic rings. The summed E-state index contributed by atoms with van der Waals surface area (Å²) in [5.74, 6) is 4.79. The first-order valence-electron chi connectivity index (χ1n) is 20.1. The van der Waals surface area contributed by atoms with E-state index in [1.54, 1.807) is 0 Å². The van der Waals surface area contributed by atoms with Gasteiger partial charge in [0.15, 0.2) is 17.7 Å². The number of amides is 2. The Morgan fingerprint density at radius 3 is 2.32 bits per heavy atom. The summed E-state index contributed by atoms with van der Waals surface area (Å²) in [6.45, 7) is 2.68. The number of imidazole rings is 1. The summed E-state index contributed by atoms with van der Waals surface area (Å²) < 4.78 is 62.3. The topological polar surface area (TPSA) is 364 Å². The van der Waals surface area contributed by atoms with E-state index in [9.17, 15) is 57.9 Å². The number of nitrogens with zero attached hydrogens (tertiary/aromatic N) is 4. The Morgan fingerprint density at radius 1 is 0.968 bits per heavy atom. The highest BCUT2D eigenvalue weighted by Crippen LogP contribution is 2.61. The summed E-state index contributed by atoms with van der Waals surface area (Å²) >= 11 is 1.05. The first kappa shape index (κ1) is 54.5. The Hall–Kier alpha value is -2.88. The molecule has 2 amide bonds. The number of aliphatic hydroxyl groups is 2. The molecule has 0 aliphatic carbocycles. The zero-order chi connectivity index (χ0) is 46.8. The van der Waals surface area contributed by atoms with Gasteiger partial charge in [-0.25, -0.2) is 28.6 Å². The number of aromatic nitrogens is 4. The average Bonchev–Trinajstić information content (AvgIpc) is 3.76. The van der Waals surface area contributed by atoms with Crippen LogP contribution in [0.4, 0.5) is 5.82 Å². The molecule has 7 atom stereocenters. The Bertz CT molecular complexity index is 2030. The van der Waals surface area contributed by atoms with Crippen LogP contribution in [0.3, 0.4) is 0 Å². The lowest BCUT2D eigenvalue weighted by atomic mass is 9.87. The predicted octanol–water partition coefficient (Wildman–Crippen LogP) is 2.59. The molecule has 1 saturated heterocycles. The largest absolute Gasteiger partial charge is 0.481 e. The van der Waals surface area contributed by atoms with Crippen LogP contribution in [0.5, 0.6) is 0 Å². The van der Waals surface area contributed by atoms with Crippen LogP contribution in [0.1, 0.15) is 97.6 Å². The number of nitrogen functional groups attached to an aromatic ring is 1. The van der Waals surface area contributed by atoms with Crippen LogP contribution in [0, 0.1) is 17.3 Å². The van der Waals surface area contributed by atoms with Gasteiger partial charge < -0.3 is 50.9 Å². The van der Waals surface area contributed by atoms with Gasteiger partial charge in [-0.2, -0.15) is 4.31 Å². The van der Waals surface area contributed by atoms with Crippen molar-refractivity contribution < 1.29 is 80.5 Å². The van der Waals surface area contributed by atoms with E-state index in [0.717, 1.165) is 48.2 Å². The lowest BCUT2D eigenvalue weighted by Crippen LogP contribution is -2.46. The summed E-state index contributed by atoms with van der Waals surface area (Å²) in [5.41, 5.74) is 4.27. The van der Waals surface area contributed by atoms with Crippen molar-refractivity contribution in [2.75, 3.05) is 37.8 Å². The zero-order valence-corrected chi connectivity index (χ0v) is 38.6. The van der Waals surface area contributed by atoms with E-state index < -0.39 is 84.6 Å². The molecule has 7 unspecified atom stereocenters. The number of fused-ring (bicyclic) bond motifs is 1. The number of hydrogen-bond acceptors (Lipinski definition) is 18. The third kappa shape index (κ3) is 19.2. The number of nitrogens with one attached hydrogen (secondary N) is 2. The van der Waals surface area contributed by atoms with Gasteiger partial charge in [0.05, 0.1) is 26.0 Å². The van der Waals surface area contributed by atoms with Gasteiger partial charge in [-0.3, -0.25) is 32.5 Å². The fourth-order valence-corrected chi connectivity index (χ4v) is 9.35. The van der Waals surface area contributed by atoms with Gasteiger partial charge >= 0.3 is 23.5 Å². The van der Waals surface area contributed by atoms with E-state index in [-0.39, 0.29) is 48.0 Å². The smallest absolute Gasteiger partial charge is 0.386 e. The number of thioether (sulfide) groups is 1. The molecule has 1 fully saturated rings. The van der Waals surface area contributed by atoms with Gasteiger partial charge in [-0.15, -0.1) is 5.92 Å². The van der Waals surface area contributed by atoms with Crippen molar-refractivity contribution in [3.05, 3.63) is 12.7 Å². The van der Waals surface area contributed by atoms with E-state index in [2.05, 4.69) is 53.2 Å². The van der Waals surface area contributed by atoms with Gasteiger partial charge in [-0.05, 0) is 6.42 Å². The third-order valence-electron chi connectivity index (χ3n) is 9.28. The Morgan fingerprint density at radius 2 is 1.63 bits per heavy atom. The van der Waals surface area contributed by atoms with Gasteiger partial charge in [-0.1, -0.05) is 83.4 Å². The zero-order valence-electron chi connectivity index (χ0n) is 35.1. The number of hydrogen-bond donors (Lipinski definition) is 9. The minimum absolute atomic E-state index is 0.0307. The maximum Gasteiger partial charge on any atom is 0.481 e. The molecule has 28 heteroatoms. The number of aliphatic hydroxyl groups excluding tert-OH is 2. The molecule has 63 heavy (non-hydrogen) atoms. The first-order valence-corrected chi connectivity index (χ1v) is 25.6. The molecule has 2 aromatic heterocycles. The summed E-state index contributed by atoms with van der Waals surface area (Å²) in [6.07, 6.45) is 3.62. The quantitative estimate of drug-likeness (QED) is 0.0336. The lowest BCUT2D eigenvalue weighted by molar-refractivity contribution is -0.137. The molecule has 0 spiro atoms. The molecule has 3 rings (SSSR count). The third-order valence-corrected chi connectivity index (χ3v) is 13.3. The van der Waals surface area contributed by atoms with Crippen molar-refractivity contribution >= 4 is 69.1 Å². The Labute approximate surface area is 368 Å². The van der Waals surface area contributed by atoms with Crippen molar-refractivity contribution in [3.8, 4) is 11.8 Å². The van der Waals surface area contributed by atoms with Crippen LogP contribution in [0.15, 0.2) is 12.7 Å². The molecular weight excluding hydrogens is 915 g/mol. The van der Waals surface area contributed by atoms with E-state index in [1.165, 1.54) is 52.4 Å². The van der Waals surface area contributed by atoms with Crippen LogP contribution in [-0.4, -0.2) is 123 Å². The van der Waals surface area contributed by atoms with Crippen molar-refractivity contribution in [2.45, 2.75) is 122 Å². The monoisotopic (exact) mass is 973 g/mol. The summed E-state index contributed by atoms with van der Waals surface area (Å²) in [7, 11) is -16.4. The van der Waals surface area contributed by atoms with Crippen LogP contribution >= 0.6 is 35.2 Å².